The van der Waals surface area contributed by atoms with Gasteiger partial charge in [0.25, 0.3) is 0 Å². The Morgan fingerprint density at radius 3 is 2.58 bits per heavy atom. The van der Waals surface area contributed by atoms with E-state index in [1.807, 2.05) is 0 Å². The first-order valence-electron chi connectivity index (χ1n) is 4.04. The lowest BCUT2D eigenvalue weighted by Crippen LogP contribution is -2.42. The smallest absolute Gasteiger partial charge is 0.321 e. The van der Waals surface area contributed by atoms with Gasteiger partial charge >= 0.3 is 5.97 Å². The first-order valence-corrected chi connectivity index (χ1v) is 4.04. The molecule has 1 fully saturated rings. The summed E-state index contributed by atoms with van der Waals surface area (Å²) in [7, 11) is 0. The van der Waals surface area contributed by atoms with Crippen LogP contribution < -0.4 is 5.48 Å². The first kappa shape index (κ1) is 9.01. The summed E-state index contributed by atoms with van der Waals surface area (Å²) in [6, 6.07) is 2.14. The van der Waals surface area contributed by atoms with Gasteiger partial charge in [0.2, 0.25) is 0 Å². The van der Waals surface area contributed by atoms with Gasteiger partial charge < -0.3 is 4.84 Å². The molecule has 12 heavy (non-hydrogen) atoms. The highest BCUT2D eigenvalue weighted by molar-refractivity contribution is 5.65. The highest BCUT2D eigenvalue weighted by Gasteiger charge is 2.34. The van der Waals surface area contributed by atoms with E-state index in [9.17, 15) is 4.79 Å². The summed E-state index contributed by atoms with van der Waals surface area (Å²) < 4.78 is 0. The molecule has 0 bridgehead atoms. The molecule has 0 aliphatic heterocycles. The van der Waals surface area contributed by atoms with Gasteiger partial charge in [-0.05, 0) is 12.8 Å². The highest BCUT2D eigenvalue weighted by Crippen LogP contribution is 2.28. The molecule has 0 amide bonds. The Balaban J connectivity index is 2.46. The van der Waals surface area contributed by atoms with Crippen LogP contribution in [0.15, 0.2) is 0 Å². The molecular weight excluding hydrogens is 156 g/mol. The van der Waals surface area contributed by atoms with Gasteiger partial charge in [0.15, 0.2) is 0 Å². The van der Waals surface area contributed by atoms with Gasteiger partial charge in [-0.2, -0.15) is 5.26 Å². The number of carbonyl (C=O) groups excluding carboxylic acids is 1. The molecule has 0 radical (unpaired) electrons. The molecule has 1 rings (SSSR count). The molecule has 0 heterocycles. The molecule has 0 aromatic carbocycles. The Labute approximate surface area is 71.5 Å². The number of rotatable bonds is 2. The summed E-state index contributed by atoms with van der Waals surface area (Å²) >= 11 is 0. The molecule has 1 aliphatic carbocycles. The van der Waals surface area contributed by atoms with E-state index in [-0.39, 0.29) is 0 Å². The second-order valence-corrected chi connectivity index (χ2v) is 3.10. The van der Waals surface area contributed by atoms with Crippen LogP contribution in [-0.4, -0.2) is 11.5 Å². The van der Waals surface area contributed by atoms with Crippen LogP contribution in [0, 0.1) is 11.3 Å². The summed E-state index contributed by atoms with van der Waals surface area (Å²) in [4.78, 5) is 15.1. The molecule has 0 aromatic heterocycles. The number of hydrogen-bond donors (Lipinski definition) is 1. The second-order valence-electron chi connectivity index (χ2n) is 3.10. The van der Waals surface area contributed by atoms with Crippen molar-refractivity contribution in [3.63, 3.8) is 0 Å². The molecule has 1 saturated carbocycles. The van der Waals surface area contributed by atoms with Crippen molar-refractivity contribution in [2.24, 2.45) is 0 Å². The number of nitrogens with zero attached hydrogens (tertiary/aromatic N) is 1. The minimum absolute atomic E-state index is 0.406. The molecule has 4 heteroatoms. The van der Waals surface area contributed by atoms with Crippen LogP contribution in [-0.2, 0) is 9.63 Å². The van der Waals surface area contributed by atoms with Crippen molar-refractivity contribution in [3.05, 3.63) is 0 Å². The summed E-state index contributed by atoms with van der Waals surface area (Å²) in [5.74, 6) is -0.406. The largest absolute Gasteiger partial charge is 0.369 e. The van der Waals surface area contributed by atoms with Gasteiger partial charge in [0, 0.05) is 6.92 Å². The van der Waals surface area contributed by atoms with Crippen LogP contribution in [0.3, 0.4) is 0 Å². The van der Waals surface area contributed by atoms with E-state index < -0.39 is 11.5 Å². The number of nitrogens with one attached hydrogen (secondary N) is 1. The number of hydroxylamine groups is 1. The van der Waals surface area contributed by atoms with Gasteiger partial charge in [-0.25, -0.2) is 0 Å². The van der Waals surface area contributed by atoms with Gasteiger partial charge in [-0.1, -0.05) is 12.8 Å². The Morgan fingerprint density at radius 2 is 2.17 bits per heavy atom. The van der Waals surface area contributed by atoms with Gasteiger partial charge in [0.1, 0.15) is 5.54 Å². The average molecular weight is 168 g/mol. The van der Waals surface area contributed by atoms with Gasteiger partial charge in [0.05, 0.1) is 6.07 Å². The number of carbonyl (C=O) groups is 1. The molecule has 66 valence electrons. The maximum absolute atomic E-state index is 10.5. The third-order valence-electron chi connectivity index (χ3n) is 2.06. The minimum Gasteiger partial charge on any atom is -0.369 e. The molecule has 0 unspecified atom stereocenters. The van der Waals surface area contributed by atoms with E-state index in [2.05, 4.69) is 16.4 Å². The molecule has 0 atom stereocenters. The zero-order valence-corrected chi connectivity index (χ0v) is 7.09. The maximum atomic E-state index is 10.5. The standard InChI is InChI=1S/C8H12N2O2/c1-7(11)12-10-8(6-9)4-2-3-5-8/h10H,2-5H2,1H3. The van der Waals surface area contributed by atoms with E-state index >= 15 is 0 Å². The Bertz CT molecular complexity index is 214. The van der Waals surface area contributed by atoms with Crippen LogP contribution in [0.2, 0.25) is 0 Å². The van der Waals surface area contributed by atoms with E-state index in [1.54, 1.807) is 0 Å². The van der Waals surface area contributed by atoms with Gasteiger partial charge in [-0.3, -0.25) is 4.79 Å². The Hall–Kier alpha value is -1.08. The lowest BCUT2D eigenvalue weighted by molar-refractivity contribution is -0.151. The molecule has 0 saturated heterocycles. The van der Waals surface area contributed by atoms with Crippen molar-refractivity contribution in [1.82, 2.24) is 5.48 Å². The fourth-order valence-corrected chi connectivity index (χ4v) is 1.38. The topological polar surface area (TPSA) is 62.1 Å². The predicted molar refractivity (Wildman–Crippen MR) is 41.7 cm³/mol. The van der Waals surface area contributed by atoms with E-state index in [0.717, 1.165) is 25.7 Å². The average Bonchev–Trinajstić information content (AvgIpc) is 2.50. The quantitative estimate of drug-likeness (QED) is 0.622. The summed E-state index contributed by atoms with van der Waals surface area (Å²) in [5.41, 5.74) is 1.91. The van der Waals surface area contributed by atoms with Crippen LogP contribution in [0.1, 0.15) is 32.6 Å². The first-order chi connectivity index (χ1) is 5.68. The van der Waals surface area contributed by atoms with Crippen molar-refractivity contribution >= 4 is 5.97 Å². The number of hydrogen-bond acceptors (Lipinski definition) is 4. The van der Waals surface area contributed by atoms with Crippen LogP contribution in [0.25, 0.3) is 0 Å². The molecular formula is C8H12N2O2. The van der Waals surface area contributed by atoms with Crippen molar-refractivity contribution in [3.8, 4) is 6.07 Å². The van der Waals surface area contributed by atoms with E-state index in [0.29, 0.717) is 0 Å². The minimum atomic E-state index is -0.619. The normalized spacial score (nSPS) is 20.0. The van der Waals surface area contributed by atoms with Crippen molar-refractivity contribution in [2.45, 2.75) is 38.1 Å². The number of nitriles is 1. The monoisotopic (exact) mass is 168 g/mol. The lowest BCUT2D eigenvalue weighted by atomic mass is 10.0. The molecule has 1 aliphatic rings. The highest BCUT2D eigenvalue weighted by atomic mass is 16.7. The zero-order chi connectivity index (χ0) is 9.03. The molecule has 0 aromatic rings. The maximum Gasteiger partial charge on any atom is 0.321 e. The fourth-order valence-electron chi connectivity index (χ4n) is 1.38. The van der Waals surface area contributed by atoms with Crippen LogP contribution in [0.5, 0.6) is 0 Å². The fraction of sp³-hybridized carbons (Fsp3) is 0.750. The van der Waals surface area contributed by atoms with E-state index in [1.165, 1.54) is 6.92 Å². The lowest BCUT2D eigenvalue weighted by Gasteiger charge is -2.19. The SMILES string of the molecule is CC(=O)ONC1(C#N)CCCC1. The van der Waals surface area contributed by atoms with Gasteiger partial charge in [-0.15, -0.1) is 5.48 Å². The predicted octanol–water partition coefficient (Wildman–Crippen LogP) is 0.890. The summed E-state index contributed by atoms with van der Waals surface area (Å²) in [6.07, 6.45) is 3.55. The van der Waals surface area contributed by atoms with Crippen LogP contribution in [0.4, 0.5) is 0 Å². The van der Waals surface area contributed by atoms with Crippen molar-refractivity contribution in [2.75, 3.05) is 0 Å². The van der Waals surface area contributed by atoms with Crippen LogP contribution >= 0.6 is 0 Å². The van der Waals surface area contributed by atoms with E-state index in [4.69, 9.17) is 5.26 Å². The summed E-state index contributed by atoms with van der Waals surface area (Å²) in [5, 5.41) is 8.83. The van der Waals surface area contributed by atoms with Crippen molar-refractivity contribution < 1.29 is 9.63 Å². The zero-order valence-electron chi connectivity index (χ0n) is 7.09. The molecule has 0 spiro atoms. The van der Waals surface area contributed by atoms with Crippen molar-refractivity contribution in [1.29, 1.82) is 5.26 Å². The summed E-state index contributed by atoms with van der Waals surface area (Å²) in [6.45, 7) is 1.31. The third kappa shape index (κ3) is 1.95. The Kier molecular flexibility index (Phi) is 2.66. The Morgan fingerprint density at radius 1 is 1.58 bits per heavy atom. The third-order valence-corrected chi connectivity index (χ3v) is 2.06. The molecule has 4 nitrogen and oxygen atoms in total. The molecule has 1 N–H and O–H groups in total. The second kappa shape index (κ2) is 3.55.